The first kappa shape index (κ1) is 11.0. The van der Waals surface area contributed by atoms with Crippen LogP contribution in [0, 0.1) is 5.82 Å². The molecule has 0 saturated heterocycles. The Morgan fingerprint density at radius 1 is 1.25 bits per heavy atom. The fourth-order valence-corrected chi connectivity index (χ4v) is 1.72. The highest BCUT2D eigenvalue weighted by atomic mass is 35.5. The quantitative estimate of drug-likeness (QED) is 0.810. The number of hydrogen-bond donors (Lipinski definition) is 0. The fourth-order valence-electron chi connectivity index (χ4n) is 1.48. The predicted molar refractivity (Wildman–Crippen MR) is 59.8 cm³/mol. The zero-order valence-corrected chi connectivity index (χ0v) is 9.51. The Kier molecular flexibility index (Phi) is 2.83. The Bertz CT molecular complexity index is 545. The second-order valence-electron chi connectivity index (χ2n) is 3.14. The second kappa shape index (κ2) is 4.14. The van der Waals surface area contributed by atoms with Crippen molar-refractivity contribution in [3.63, 3.8) is 0 Å². The number of rotatable bonds is 2. The Morgan fingerprint density at radius 2 is 2.00 bits per heavy atom. The minimum absolute atomic E-state index is 0.00417. The highest BCUT2D eigenvalue weighted by molar-refractivity contribution is 6.36. The number of benzene rings is 1. The van der Waals surface area contributed by atoms with Gasteiger partial charge in [0, 0.05) is 12.1 Å². The van der Waals surface area contributed by atoms with Crippen LogP contribution in [0.2, 0.25) is 5.02 Å². The van der Waals surface area contributed by atoms with E-state index < -0.39 is 5.82 Å². The van der Waals surface area contributed by atoms with Crippen molar-refractivity contribution in [2.45, 2.75) is 0 Å². The second-order valence-corrected chi connectivity index (χ2v) is 3.52. The number of methoxy groups -OCH3 is 2. The highest BCUT2D eigenvalue weighted by Crippen LogP contribution is 2.35. The standard InChI is InChI=1S/C11H9ClFNO2/c1-15-6-3-8-10(9(4-6)16-2)11(12)7(13)5-14-8/h3-5H,1-2H3. The molecule has 0 atom stereocenters. The predicted octanol–water partition coefficient (Wildman–Crippen LogP) is 3.04. The SMILES string of the molecule is COc1cc(OC)c2c(Cl)c(F)cnc2c1. The number of hydrogen-bond acceptors (Lipinski definition) is 3. The van der Waals surface area contributed by atoms with Crippen molar-refractivity contribution in [3.8, 4) is 11.5 Å². The van der Waals surface area contributed by atoms with Crippen LogP contribution in [0.5, 0.6) is 11.5 Å². The number of nitrogens with zero attached hydrogens (tertiary/aromatic N) is 1. The van der Waals surface area contributed by atoms with Crippen molar-refractivity contribution in [2.24, 2.45) is 0 Å². The van der Waals surface area contributed by atoms with E-state index in [1.165, 1.54) is 14.2 Å². The van der Waals surface area contributed by atoms with Crippen molar-refractivity contribution in [1.29, 1.82) is 0 Å². The lowest BCUT2D eigenvalue weighted by Gasteiger charge is -2.09. The summed E-state index contributed by atoms with van der Waals surface area (Å²) in [7, 11) is 3.02. The molecule has 5 heteroatoms. The average molecular weight is 242 g/mol. The molecule has 2 rings (SSSR count). The summed E-state index contributed by atoms with van der Waals surface area (Å²) in [6.45, 7) is 0. The van der Waals surface area contributed by atoms with Crippen molar-refractivity contribution in [3.05, 3.63) is 29.2 Å². The highest BCUT2D eigenvalue weighted by Gasteiger charge is 2.13. The molecule has 0 amide bonds. The van der Waals surface area contributed by atoms with E-state index in [-0.39, 0.29) is 5.02 Å². The molecule has 0 unspecified atom stereocenters. The molecule has 1 aromatic heterocycles. The van der Waals surface area contributed by atoms with E-state index in [0.29, 0.717) is 22.4 Å². The third kappa shape index (κ3) is 1.65. The van der Waals surface area contributed by atoms with Crippen LogP contribution in [0.4, 0.5) is 4.39 Å². The molecule has 0 aliphatic rings. The topological polar surface area (TPSA) is 31.4 Å². The van der Waals surface area contributed by atoms with Gasteiger partial charge in [-0.25, -0.2) is 4.39 Å². The third-order valence-electron chi connectivity index (χ3n) is 2.26. The van der Waals surface area contributed by atoms with E-state index in [1.807, 2.05) is 0 Å². The first-order valence-electron chi connectivity index (χ1n) is 4.53. The summed E-state index contributed by atoms with van der Waals surface area (Å²) >= 11 is 5.87. The van der Waals surface area contributed by atoms with Gasteiger partial charge in [0.25, 0.3) is 0 Å². The molecule has 16 heavy (non-hydrogen) atoms. The summed E-state index contributed by atoms with van der Waals surface area (Å²) in [6, 6.07) is 3.30. The number of aromatic nitrogens is 1. The van der Waals surface area contributed by atoms with E-state index in [2.05, 4.69) is 4.98 Å². The van der Waals surface area contributed by atoms with Crippen LogP contribution in [0.3, 0.4) is 0 Å². The van der Waals surface area contributed by atoms with E-state index in [9.17, 15) is 4.39 Å². The Balaban J connectivity index is 2.84. The number of ether oxygens (including phenoxy) is 2. The lowest BCUT2D eigenvalue weighted by molar-refractivity contribution is 0.397. The van der Waals surface area contributed by atoms with Gasteiger partial charge in [-0.2, -0.15) is 0 Å². The normalized spacial score (nSPS) is 10.5. The zero-order chi connectivity index (χ0) is 11.7. The van der Waals surface area contributed by atoms with E-state index >= 15 is 0 Å². The molecule has 0 radical (unpaired) electrons. The van der Waals surface area contributed by atoms with Crippen LogP contribution in [-0.4, -0.2) is 19.2 Å². The first-order valence-corrected chi connectivity index (χ1v) is 4.91. The van der Waals surface area contributed by atoms with Gasteiger partial charge in [-0.15, -0.1) is 0 Å². The molecule has 0 bridgehead atoms. The summed E-state index contributed by atoms with van der Waals surface area (Å²) in [5, 5.41) is 0.453. The summed E-state index contributed by atoms with van der Waals surface area (Å²) in [5.41, 5.74) is 0.530. The maximum Gasteiger partial charge on any atom is 0.160 e. The molecule has 0 spiro atoms. The van der Waals surface area contributed by atoms with Crippen LogP contribution in [0.25, 0.3) is 10.9 Å². The van der Waals surface area contributed by atoms with Gasteiger partial charge in [-0.3, -0.25) is 4.98 Å². The molecule has 84 valence electrons. The molecule has 2 aromatic rings. The minimum atomic E-state index is -0.572. The van der Waals surface area contributed by atoms with Gasteiger partial charge in [0.2, 0.25) is 0 Å². The van der Waals surface area contributed by atoms with Crippen LogP contribution in [0.1, 0.15) is 0 Å². The molecule has 0 fully saturated rings. The summed E-state index contributed by atoms with van der Waals surface area (Å²) in [6.07, 6.45) is 1.07. The number of halogens is 2. The Labute approximate surface area is 96.8 Å². The van der Waals surface area contributed by atoms with Gasteiger partial charge in [-0.05, 0) is 0 Å². The van der Waals surface area contributed by atoms with Gasteiger partial charge in [0.1, 0.15) is 11.5 Å². The van der Waals surface area contributed by atoms with Gasteiger partial charge >= 0.3 is 0 Å². The van der Waals surface area contributed by atoms with Crippen LogP contribution >= 0.6 is 11.6 Å². The molecule has 0 aliphatic carbocycles. The van der Waals surface area contributed by atoms with Crippen molar-refractivity contribution < 1.29 is 13.9 Å². The van der Waals surface area contributed by atoms with Gasteiger partial charge in [0.15, 0.2) is 5.82 Å². The Hall–Kier alpha value is -1.55. The molecule has 1 heterocycles. The van der Waals surface area contributed by atoms with Gasteiger partial charge in [0.05, 0.1) is 36.3 Å². The minimum Gasteiger partial charge on any atom is -0.497 e. The maximum absolute atomic E-state index is 13.3. The van der Waals surface area contributed by atoms with Crippen molar-refractivity contribution >= 4 is 22.5 Å². The molecule has 1 aromatic carbocycles. The van der Waals surface area contributed by atoms with Crippen LogP contribution < -0.4 is 9.47 Å². The zero-order valence-electron chi connectivity index (χ0n) is 8.75. The molecule has 0 aliphatic heterocycles. The van der Waals surface area contributed by atoms with Crippen LogP contribution in [0.15, 0.2) is 18.3 Å². The molecular formula is C11H9ClFNO2. The summed E-state index contributed by atoms with van der Waals surface area (Å²) in [5.74, 6) is 0.448. The lowest BCUT2D eigenvalue weighted by atomic mass is 10.2. The van der Waals surface area contributed by atoms with Crippen molar-refractivity contribution in [2.75, 3.05) is 14.2 Å². The summed E-state index contributed by atoms with van der Waals surface area (Å²) < 4.78 is 23.5. The van der Waals surface area contributed by atoms with Crippen LogP contribution in [-0.2, 0) is 0 Å². The first-order chi connectivity index (χ1) is 7.67. The van der Waals surface area contributed by atoms with E-state index in [0.717, 1.165) is 6.20 Å². The third-order valence-corrected chi connectivity index (χ3v) is 2.63. The molecule has 0 N–H and O–H groups in total. The smallest absolute Gasteiger partial charge is 0.160 e. The average Bonchev–Trinajstić information content (AvgIpc) is 2.32. The molecule has 3 nitrogen and oxygen atoms in total. The largest absolute Gasteiger partial charge is 0.497 e. The van der Waals surface area contributed by atoms with E-state index in [1.54, 1.807) is 12.1 Å². The number of fused-ring (bicyclic) bond motifs is 1. The van der Waals surface area contributed by atoms with E-state index in [4.69, 9.17) is 21.1 Å². The fraction of sp³-hybridized carbons (Fsp3) is 0.182. The lowest BCUT2D eigenvalue weighted by Crippen LogP contribution is -1.92. The Morgan fingerprint density at radius 3 is 2.62 bits per heavy atom. The van der Waals surface area contributed by atoms with Crippen molar-refractivity contribution in [1.82, 2.24) is 4.98 Å². The monoisotopic (exact) mass is 241 g/mol. The number of pyridine rings is 1. The van der Waals surface area contributed by atoms with Gasteiger partial charge in [-0.1, -0.05) is 11.6 Å². The van der Waals surface area contributed by atoms with Gasteiger partial charge < -0.3 is 9.47 Å². The maximum atomic E-state index is 13.3. The summed E-state index contributed by atoms with van der Waals surface area (Å²) in [4.78, 5) is 3.94. The molecule has 0 saturated carbocycles. The molecular weight excluding hydrogens is 233 g/mol.